The maximum atomic E-state index is 11.5. The number of hydrogen-bond acceptors (Lipinski definition) is 11. The molecule has 0 aromatic carbocycles. The van der Waals surface area contributed by atoms with E-state index in [1.165, 1.54) is 6.08 Å². The number of guanidine groups is 3. The van der Waals surface area contributed by atoms with Gasteiger partial charge in [0.2, 0.25) is 17.6 Å². The van der Waals surface area contributed by atoms with Crippen LogP contribution in [0.4, 0.5) is 0 Å². The van der Waals surface area contributed by atoms with Gasteiger partial charge in [-0.25, -0.2) is 0 Å². The molecule has 30 heavy (non-hydrogen) atoms. The molecule has 0 radical (unpaired) electrons. The molecule has 4 aliphatic heterocycles. The van der Waals surface area contributed by atoms with Crippen molar-refractivity contribution in [3.8, 4) is 0 Å². The van der Waals surface area contributed by atoms with Crippen LogP contribution in [0.3, 0.4) is 0 Å². The highest BCUT2D eigenvalue weighted by Gasteiger charge is 2.36. The number of hydrogen-bond donors (Lipinski definition) is 1. The van der Waals surface area contributed by atoms with Gasteiger partial charge < -0.3 is 29.7 Å². The number of aliphatic imine (C=N–C) groups is 3. The van der Waals surface area contributed by atoms with Crippen LogP contribution in [0.1, 0.15) is 0 Å². The van der Waals surface area contributed by atoms with E-state index in [4.69, 9.17) is 14.5 Å². The van der Waals surface area contributed by atoms with Crippen LogP contribution in [0, 0.1) is 10.4 Å². The van der Waals surface area contributed by atoms with Crippen LogP contribution in [0.15, 0.2) is 50.7 Å². The zero-order chi connectivity index (χ0) is 20.5. The van der Waals surface area contributed by atoms with Gasteiger partial charge in [0, 0.05) is 32.3 Å². The van der Waals surface area contributed by atoms with Crippen LogP contribution in [0.5, 0.6) is 0 Å². The summed E-state index contributed by atoms with van der Waals surface area (Å²) < 4.78 is 10.9. The number of nitrogens with zero attached hydrogens (tertiary/aromatic N) is 7. The van der Waals surface area contributed by atoms with E-state index in [-0.39, 0.29) is 5.71 Å². The average Bonchev–Trinajstić information content (AvgIpc) is 3.24. The summed E-state index contributed by atoms with van der Waals surface area (Å²) in [4.78, 5) is 17.7. The Balaban J connectivity index is 1.54. The van der Waals surface area contributed by atoms with Crippen molar-refractivity contribution in [2.75, 3.05) is 52.6 Å². The molecule has 158 valence electrons. The molecule has 0 bridgehead atoms. The highest BCUT2D eigenvalue weighted by molar-refractivity contribution is 6.14. The van der Waals surface area contributed by atoms with Crippen LogP contribution >= 0.6 is 0 Å². The van der Waals surface area contributed by atoms with Gasteiger partial charge in [-0.2, -0.15) is 24.9 Å². The summed E-state index contributed by atoms with van der Waals surface area (Å²) in [5, 5.41) is 24.6. The lowest BCUT2D eigenvalue weighted by Gasteiger charge is -2.37. The summed E-state index contributed by atoms with van der Waals surface area (Å²) in [7, 11) is 0. The van der Waals surface area contributed by atoms with Gasteiger partial charge in [-0.3, -0.25) is 5.43 Å². The van der Waals surface area contributed by atoms with Crippen LogP contribution in [0.25, 0.3) is 0 Å². The Bertz CT molecular complexity index is 932. The van der Waals surface area contributed by atoms with Crippen molar-refractivity contribution < 1.29 is 14.4 Å². The number of morpholine rings is 2. The largest absolute Gasteiger partial charge is 0.612 e. The molecular weight excluding hydrogens is 392 g/mol. The summed E-state index contributed by atoms with van der Waals surface area (Å²) in [5.74, 6) is 1.99. The molecule has 12 heteroatoms. The lowest BCUT2D eigenvalue weighted by atomic mass is 10.1. The minimum absolute atomic E-state index is 0.0218. The standard InChI is InChI=1S/C18H21N8O4/c27-26(28)14-4-2-1-3-13(14)15-19-17-20-16(23-5-9-29-10-6-23)21-18(25(17)22-15)24-7-11-30-12-8-24/h1-4,22H,5-12H2/q-1. The minimum atomic E-state index is -0.416. The van der Waals surface area contributed by atoms with E-state index in [0.717, 1.165) is 0 Å². The predicted molar refractivity (Wildman–Crippen MR) is 109 cm³/mol. The van der Waals surface area contributed by atoms with Gasteiger partial charge in [0.25, 0.3) is 5.96 Å². The average molecular weight is 413 g/mol. The molecule has 0 aromatic rings. The molecule has 2 saturated heterocycles. The van der Waals surface area contributed by atoms with Crippen molar-refractivity contribution in [3.05, 3.63) is 46.1 Å². The second kappa shape index (κ2) is 7.80. The Morgan fingerprint density at radius 1 is 0.833 bits per heavy atom. The molecule has 1 N–H and O–H groups in total. The van der Waals surface area contributed by atoms with Crippen LogP contribution in [-0.4, -0.2) is 95.9 Å². The van der Waals surface area contributed by atoms with E-state index in [1.807, 2.05) is 0 Å². The van der Waals surface area contributed by atoms with Crippen molar-refractivity contribution in [1.82, 2.24) is 20.2 Å². The maximum Gasteiger partial charge on any atom is 0.257 e. The molecule has 4 heterocycles. The second-order valence-electron chi connectivity index (χ2n) is 7.00. The molecule has 0 aromatic heterocycles. The Hall–Kier alpha value is -3.38. The topological polar surface area (TPSA) is 126 Å². The lowest BCUT2D eigenvalue weighted by molar-refractivity contribution is -0.377. The number of hydrazine groups is 1. The summed E-state index contributed by atoms with van der Waals surface area (Å²) in [5.41, 5.74) is 3.53. The predicted octanol–water partition coefficient (Wildman–Crippen LogP) is -0.661. The van der Waals surface area contributed by atoms with Gasteiger partial charge in [0.05, 0.1) is 32.0 Å². The van der Waals surface area contributed by atoms with E-state index in [2.05, 4.69) is 25.2 Å². The zero-order valence-corrected chi connectivity index (χ0v) is 16.2. The fraction of sp³-hybridized carbons (Fsp3) is 0.444. The molecule has 0 atom stereocenters. The zero-order valence-electron chi connectivity index (χ0n) is 16.2. The second-order valence-corrected chi connectivity index (χ2v) is 7.00. The number of rotatable bonds is 0. The SMILES string of the molecule is [O-][N+]([O-])=C1C=CC=CC1=C1N=C2N=C(N3CCOCC3)N=C(N3CCOCC3)N2N1. The highest BCUT2D eigenvalue weighted by Crippen LogP contribution is 2.22. The van der Waals surface area contributed by atoms with Gasteiger partial charge in [0.15, 0.2) is 5.82 Å². The van der Waals surface area contributed by atoms with E-state index in [9.17, 15) is 10.4 Å². The van der Waals surface area contributed by atoms with Crippen molar-refractivity contribution in [1.29, 1.82) is 0 Å². The fourth-order valence-electron chi connectivity index (χ4n) is 3.63. The molecule has 1 aliphatic carbocycles. The summed E-state index contributed by atoms with van der Waals surface area (Å²) >= 11 is 0. The lowest BCUT2D eigenvalue weighted by Crippen LogP contribution is -2.56. The van der Waals surface area contributed by atoms with Crippen molar-refractivity contribution >= 4 is 23.6 Å². The number of fused-ring (bicyclic) bond motifs is 1. The van der Waals surface area contributed by atoms with Crippen LogP contribution < -0.4 is 5.43 Å². The van der Waals surface area contributed by atoms with Crippen LogP contribution in [0.2, 0.25) is 0 Å². The highest BCUT2D eigenvalue weighted by atomic mass is 16.8. The molecule has 0 amide bonds. The van der Waals surface area contributed by atoms with Gasteiger partial charge in [-0.05, 0) is 6.08 Å². The maximum absolute atomic E-state index is 11.5. The summed E-state index contributed by atoms with van der Waals surface area (Å²) in [6, 6.07) is 0. The van der Waals surface area contributed by atoms with E-state index in [1.54, 1.807) is 23.2 Å². The Morgan fingerprint density at radius 2 is 1.50 bits per heavy atom. The third-order valence-corrected chi connectivity index (χ3v) is 5.17. The molecule has 0 saturated carbocycles. The first-order valence-electron chi connectivity index (χ1n) is 9.80. The number of nitrogens with one attached hydrogen (secondary N) is 1. The van der Waals surface area contributed by atoms with Gasteiger partial charge in [0.1, 0.15) is 0 Å². The first-order chi connectivity index (χ1) is 14.7. The van der Waals surface area contributed by atoms with Gasteiger partial charge in [-0.1, -0.05) is 12.2 Å². The smallest absolute Gasteiger partial charge is 0.257 e. The van der Waals surface area contributed by atoms with Crippen molar-refractivity contribution in [2.24, 2.45) is 15.0 Å². The van der Waals surface area contributed by atoms with E-state index in [0.29, 0.717) is 81.9 Å². The molecule has 12 nitrogen and oxygen atoms in total. The quantitative estimate of drug-likeness (QED) is 0.410. The minimum Gasteiger partial charge on any atom is -0.612 e. The Kier molecular flexibility index (Phi) is 4.85. The molecule has 2 fully saturated rings. The first-order valence-corrected chi connectivity index (χ1v) is 9.80. The van der Waals surface area contributed by atoms with Gasteiger partial charge in [-0.15, -0.1) is 0 Å². The summed E-state index contributed by atoms with van der Waals surface area (Å²) in [6.45, 7) is 5.18. The normalized spacial score (nSPS) is 26.2. The molecule has 5 rings (SSSR count). The Morgan fingerprint density at radius 3 is 2.20 bits per heavy atom. The first kappa shape index (κ1) is 18.6. The van der Waals surface area contributed by atoms with Gasteiger partial charge >= 0.3 is 0 Å². The molecular formula is C18H21N8O4-. The van der Waals surface area contributed by atoms with E-state index < -0.39 is 4.90 Å². The fourth-order valence-corrected chi connectivity index (χ4v) is 3.63. The molecule has 0 spiro atoms. The monoisotopic (exact) mass is 413 g/mol. The third-order valence-electron chi connectivity index (χ3n) is 5.17. The summed E-state index contributed by atoms with van der Waals surface area (Å²) in [6.07, 6.45) is 6.50. The molecule has 5 aliphatic rings. The van der Waals surface area contributed by atoms with Crippen LogP contribution in [-0.2, 0) is 9.47 Å². The molecule has 0 unspecified atom stereocenters. The van der Waals surface area contributed by atoms with Crippen molar-refractivity contribution in [3.63, 3.8) is 0 Å². The van der Waals surface area contributed by atoms with E-state index >= 15 is 0 Å². The third kappa shape index (κ3) is 3.39. The number of allylic oxidation sites excluding steroid dienone is 5. The van der Waals surface area contributed by atoms with Crippen molar-refractivity contribution in [2.45, 2.75) is 0 Å². The Labute approximate surface area is 172 Å². The number of ether oxygens (including phenoxy) is 2.